The number of amides is 1. The van der Waals surface area contributed by atoms with Crippen molar-refractivity contribution < 1.29 is 18.7 Å². The van der Waals surface area contributed by atoms with Crippen molar-refractivity contribution in [2.45, 2.75) is 26.7 Å². The monoisotopic (exact) mass is 495 g/mol. The fourth-order valence-electron chi connectivity index (χ4n) is 2.92. The molecule has 0 unspecified atom stereocenters. The number of benzene rings is 2. The van der Waals surface area contributed by atoms with Gasteiger partial charge in [-0.2, -0.15) is 5.10 Å². The van der Waals surface area contributed by atoms with Crippen molar-refractivity contribution in [3.05, 3.63) is 94.6 Å². The second kappa shape index (κ2) is 10.2. The number of furan rings is 1. The first kappa shape index (κ1) is 21.7. The quantitative estimate of drug-likeness (QED) is 0.323. The summed E-state index contributed by atoms with van der Waals surface area (Å²) in [7, 11) is 0. The molecule has 0 fully saturated rings. The topological polar surface area (TPSA) is 78.5 Å². The highest BCUT2D eigenvalue weighted by atomic mass is 79.9. The summed E-state index contributed by atoms with van der Waals surface area (Å²) in [5.41, 5.74) is 1.79. The van der Waals surface area contributed by atoms with Crippen molar-refractivity contribution in [3.63, 3.8) is 0 Å². The van der Waals surface area contributed by atoms with Crippen molar-refractivity contribution in [1.29, 1.82) is 0 Å². The van der Waals surface area contributed by atoms with Crippen molar-refractivity contribution in [3.8, 4) is 11.5 Å². The highest BCUT2D eigenvalue weighted by Crippen LogP contribution is 2.18. The molecule has 4 aromatic rings. The van der Waals surface area contributed by atoms with Crippen LogP contribution in [0.5, 0.6) is 11.5 Å². The molecule has 0 aliphatic carbocycles. The molecule has 2 aromatic heterocycles. The van der Waals surface area contributed by atoms with Crippen LogP contribution in [-0.4, -0.2) is 15.7 Å². The van der Waals surface area contributed by atoms with E-state index >= 15 is 0 Å². The fourth-order valence-corrected chi connectivity index (χ4v) is 3.18. The van der Waals surface area contributed by atoms with Crippen LogP contribution < -0.4 is 14.8 Å². The van der Waals surface area contributed by atoms with Gasteiger partial charge in [0, 0.05) is 4.47 Å². The van der Waals surface area contributed by atoms with Gasteiger partial charge in [-0.3, -0.25) is 4.79 Å². The van der Waals surface area contributed by atoms with Crippen molar-refractivity contribution >= 4 is 27.5 Å². The van der Waals surface area contributed by atoms with Crippen LogP contribution in [0.15, 0.2) is 81.9 Å². The van der Waals surface area contributed by atoms with Crippen molar-refractivity contribution in [2.75, 3.05) is 5.32 Å². The number of carbonyl (C=O) groups excluding carboxylic acids is 1. The molecule has 0 saturated carbocycles. The molecule has 4 rings (SSSR count). The van der Waals surface area contributed by atoms with Crippen LogP contribution in [0.2, 0.25) is 0 Å². The summed E-state index contributed by atoms with van der Waals surface area (Å²) in [6, 6.07) is 18.8. The number of aryl methyl sites for hydroxylation is 1. The minimum atomic E-state index is -0.364. The summed E-state index contributed by atoms with van der Waals surface area (Å²) in [4.78, 5) is 12.5. The van der Waals surface area contributed by atoms with Crippen LogP contribution in [0, 0.1) is 0 Å². The van der Waals surface area contributed by atoms with Gasteiger partial charge >= 0.3 is 0 Å². The minimum absolute atomic E-state index is 0.198. The average Bonchev–Trinajstić information content (AvgIpc) is 3.47. The van der Waals surface area contributed by atoms with E-state index in [4.69, 9.17) is 13.9 Å². The molecule has 2 aromatic carbocycles. The van der Waals surface area contributed by atoms with Gasteiger partial charge in [-0.25, -0.2) is 4.68 Å². The second-order valence-electron chi connectivity index (χ2n) is 7.00. The first-order valence-corrected chi connectivity index (χ1v) is 10.9. The van der Waals surface area contributed by atoms with Gasteiger partial charge in [0.25, 0.3) is 5.91 Å². The van der Waals surface area contributed by atoms with Crippen molar-refractivity contribution in [2.24, 2.45) is 0 Å². The Balaban J connectivity index is 1.27. The molecule has 0 atom stereocenters. The van der Waals surface area contributed by atoms with Crippen LogP contribution in [0.1, 0.15) is 28.8 Å². The molecule has 0 spiro atoms. The molecule has 0 saturated heterocycles. The van der Waals surface area contributed by atoms with E-state index in [-0.39, 0.29) is 25.0 Å². The number of carbonyl (C=O) groups is 1. The maximum Gasteiger partial charge on any atom is 0.291 e. The average molecular weight is 496 g/mol. The SMILES string of the molecule is CCc1ccc(OCc2ccc(C(=O)Nc3cnn(COc4ccc(Br)cc4)c3)o2)cc1. The first-order chi connectivity index (χ1) is 15.6. The molecule has 0 bridgehead atoms. The third-order valence-electron chi connectivity index (χ3n) is 4.67. The zero-order valence-electron chi connectivity index (χ0n) is 17.5. The fraction of sp³-hybridized carbons (Fsp3) is 0.167. The summed E-state index contributed by atoms with van der Waals surface area (Å²) < 4.78 is 19.6. The number of nitrogens with zero attached hydrogens (tertiary/aromatic N) is 2. The largest absolute Gasteiger partial charge is 0.486 e. The number of rotatable bonds is 9. The number of halogens is 1. The number of aromatic nitrogens is 2. The van der Waals surface area contributed by atoms with Crippen LogP contribution in [-0.2, 0) is 19.8 Å². The van der Waals surface area contributed by atoms with Gasteiger partial charge in [-0.15, -0.1) is 0 Å². The van der Waals surface area contributed by atoms with E-state index in [2.05, 4.69) is 33.3 Å². The van der Waals surface area contributed by atoms with Gasteiger partial charge in [0.15, 0.2) is 12.5 Å². The molecule has 0 aliphatic rings. The maximum absolute atomic E-state index is 12.5. The standard InChI is InChI=1S/C24H22BrN3O4/c1-2-17-3-7-20(8-4-17)30-15-22-11-12-23(32-22)24(29)27-19-13-26-28(14-19)16-31-21-9-5-18(25)6-10-21/h3-14H,2,15-16H2,1H3,(H,27,29). The Morgan fingerprint density at radius 1 is 1.03 bits per heavy atom. The Labute approximate surface area is 194 Å². The Kier molecular flexibility index (Phi) is 6.91. The number of anilines is 1. The molecule has 0 radical (unpaired) electrons. The van der Waals surface area contributed by atoms with E-state index in [1.807, 2.05) is 48.5 Å². The summed E-state index contributed by atoms with van der Waals surface area (Å²) in [5.74, 6) is 1.87. The molecule has 7 nitrogen and oxygen atoms in total. The van der Waals surface area contributed by atoms with E-state index in [0.29, 0.717) is 11.4 Å². The van der Waals surface area contributed by atoms with Crippen LogP contribution in [0.25, 0.3) is 0 Å². The van der Waals surface area contributed by atoms with E-state index in [9.17, 15) is 4.79 Å². The maximum atomic E-state index is 12.5. The zero-order chi connectivity index (χ0) is 22.3. The van der Waals surface area contributed by atoms with Gasteiger partial charge in [-0.05, 0) is 60.5 Å². The summed E-state index contributed by atoms with van der Waals surface area (Å²) >= 11 is 3.38. The van der Waals surface area contributed by atoms with Gasteiger partial charge in [-0.1, -0.05) is 35.0 Å². The lowest BCUT2D eigenvalue weighted by Gasteiger charge is -2.06. The number of hydrogen-bond donors (Lipinski definition) is 1. The zero-order valence-corrected chi connectivity index (χ0v) is 19.0. The Hall–Kier alpha value is -3.52. The van der Waals surface area contributed by atoms with Gasteiger partial charge in [0.1, 0.15) is 23.9 Å². The molecule has 0 aliphatic heterocycles. The molecule has 1 N–H and O–H groups in total. The molecular weight excluding hydrogens is 474 g/mol. The van der Waals surface area contributed by atoms with E-state index < -0.39 is 0 Å². The normalized spacial score (nSPS) is 10.7. The van der Waals surface area contributed by atoms with Gasteiger partial charge < -0.3 is 19.2 Å². The number of ether oxygens (including phenoxy) is 2. The number of hydrogen-bond acceptors (Lipinski definition) is 5. The molecular formula is C24H22BrN3O4. The summed E-state index contributed by atoms with van der Waals surface area (Å²) in [6.45, 7) is 2.57. The van der Waals surface area contributed by atoms with Crippen LogP contribution in [0.3, 0.4) is 0 Å². The second-order valence-corrected chi connectivity index (χ2v) is 7.92. The predicted molar refractivity (Wildman–Crippen MR) is 124 cm³/mol. The lowest BCUT2D eigenvalue weighted by Crippen LogP contribution is -2.10. The van der Waals surface area contributed by atoms with Gasteiger partial charge in [0.05, 0.1) is 18.1 Å². The lowest BCUT2D eigenvalue weighted by molar-refractivity contribution is 0.0992. The highest BCUT2D eigenvalue weighted by Gasteiger charge is 2.13. The molecule has 32 heavy (non-hydrogen) atoms. The number of nitrogens with one attached hydrogen (secondary N) is 1. The molecule has 1 amide bonds. The Bertz CT molecular complexity index is 1170. The summed E-state index contributed by atoms with van der Waals surface area (Å²) in [6.07, 6.45) is 4.22. The van der Waals surface area contributed by atoms with Crippen LogP contribution in [0.4, 0.5) is 5.69 Å². The molecule has 164 valence electrons. The summed E-state index contributed by atoms with van der Waals surface area (Å²) in [5, 5.41) is 6.96. The Morgan fingerprint density at radius 2 is 1.75 bits per heavy atom. The Morgan fingerprint density at radius 3 is 2.50 bits per heavy atom. The molecule has 2 heterocycles. The van der Waals surface area contributed by atoms with E-state index in [1.165, 1.54) is 5.56 Å². The van der Waals surface area contributed by atoms with Crippen molar-refractivity contribution in [1.82, 2.24) is 9.78 Å². The van der Waals surface area contributed by atoms with Crippen LogP contribution >= 0.6 is 15.9 Å². The van der Waals surface area contributed by atoms with E-state index in [0.717, 1.165) is 22.4 Å². The highest BCUT2D eigenvalue weighted by molar-refractivity contribution is 9.10. The predicted octanol–water partition coefficient (Wildman–Crippen LogP) is 5.67. The third kappa shape index (κ3) is 5.79. The third-order valence-corrected chi connectivity index (χ3v) is 5.20. The van der Waals surface area contributed by atoms with Gasteiger partial charge in [0.2, 0.25) is 0 Å². The minimum Gasteiger partial charge on any atom is -0.486 e. The van der Waals surface area contributed by atoms with E-state index in [1.54, 1.807) is 29.2 Å². The molecule has 8 heteroatoms. The smallest absolute Gasteiger partial charge is 0.291 e. The lowest BCUT2D eigenvalue weighted by atomic mass is 10.2. The first-order valence-electron chi connectivity index (χ1n) is 10.1.